The molecule has 7 heteroatoms. The van der Waals surface area contributed by atoms with E-state index >= 15 is 0 Å². The number of methoxy groups -OCH3 is 1. The summed E-state index contributed by atoms with van der Waals surface area (Å²) in [6.45, 7) is 1.35. The molecule has 0 heterocycles. The number of nitrogens with one attached hydrogen (secondary N) is 2. The summed E-state index contributed by atoms with van der Waals surface area (Å²) in [5, 5.41) is 14.6. The average Bonchev–Trinajstić information content (AvgIpc) is 2.40. The number of nitrogen functional groups attached to an aromatic ring is 1. The van der Waals surface area contributed by atoms with Crippen LogP contribution >= 0.6 is 0 Å². The smallest absolute Gasteiger partial charge is 0.337 e. The molecule has 1 rings (SSSR count). The SMILES string of the molecule is COCCNC(=O)CCNc1ccc(N)c(C(=O)O)c1. The molecule has 0 aliphatic rings. The van der Waals surface area contributed by atoms with Crippen LogP contribution in [0.4, 0.5) is 11.4 Å². The van der Waals surface area contributed by atoms with Crippen LogP contribution in [0, 0.1) is 0 Å². The van der Waals surface area contributed by atoms with E-state index in [-0.39, 0.29) is 23.6 Å². The molecule has 0 aliphatic heterocycles. The lowest BCUT2D eigenvalue weighted by atomic mass is 10.1. The highest BCUT2D eigenvalue weighted by Crippen LogP contribution is 2.17. The lowest BCUT2D eigenvalue weighted by molar-refractivity contribution is -0.121. The van der Waals surface area contributed by atoms with Gasteiger partial charge >= 0.3 is 5.97 Å². The summed E-state index contributed by atoms with van der Waals surface area (Å²) in [5.74, 6) is -1.17. The van der Waals surface area contributed by atoms with Crippen molar-refractivity contribution in [3.8, 4) is 0 Å². The van der Waals surface area contributed by atoms with Gasteiger partial charge in [0.05, 0.1) is 12.2 Å². The fourth-order valence-electron chi connectivity index (χ4n) is 1.55. The summed E-state index contributed by atoms with van der Waals surface area (Å²) in [5.41, 5.74) is 6.41. The summed E-state index contributed by atoms with van der Waals surface area (Å²) in [7, 11) is 1.56. The molecular formula is C13H19N3O4. The number of anilines is 2. The summed E-state index contributed by atoms with van der Waals surface area (Å²) in [4.78, 5) is 22.3. The Balaban J connectivity index is 2.40. The van der Waals surface area contributed by atoms with Gasteiger partial charge in [-0.2, -0.15) is 0 Å². The van der Waals surface area contributed by atoms with E-state index in [4.69, 9.17) is 15.6 Å². The number of amides is 1. The maximum atomic E-state index is 11.4. The molecule has 1 aromatic rings. The molecule has 7 nitrogen and oxygen atoms in total. The maximum Gasteiger partial charge on any atom is 0.337 e. The molecule has 0 bridgehead atoms. The second-order valence-electron chi connectivity index (χ2n) is 4.13. The number of ether oxygens (including phenoxy) is 1. The number of carboxylic acids is 1. The zero-order valence-corrected chi connectivity index (χ0v) is 11.3. The van der Waals surface area contributed by atoms with Gasteiger partial charge < -0.3 is 26.2 Å². The average molecular weight is 281 g/mol. The second kappa shape index (κ2) is 8.00. The third-order valence-electron chi connectivity index (χ3n) is 2.59. The lowest BCUT2D eigenvalue weighted by Crippen LogP contribution is -2.28. The van der Waals surface area contributed by atoms with Gasteiger partial charge in [-0.15, -0.1) is 0 Å². The normalized spacial score (nSPS) is 10.1. The minimum atomic E-state index is -1.08. The molecule has 0 saturated carbocycles. The van der Waals surface area contributed by atoms with Crippen molar-refractivity contribution in [2.24, 2.45) is 0 Å². The van der Waals surface area contributed by atoms with Gasteiger partial charge in [0.15, 0.2) is 0 Å². The van der Waals surface area contributed by atoms with E-state index in [0.717, 1.165) is 0 Å². The minimum Gasteiger partial charge on any atom is -0.478 e. The Kier molecular flexibility index (Phi) is 6.31. The Labute approximate surface area is 117 Å². The van der Waals surface area contributed by atoms with Gasteiger partial charge in [-0.1, -0.05) is 0 Å². The number of hydrogen-bond donors (Lipinski definition) is 4. The fraction of sp³-hybridized carbons (Fsp3) is 0.385. The van der Waals surface area contributed by atoms with Gasteiger partial charge in [-0.25, -0.2) is 4.79 Å². The van der Waals surface area contributed by atoms with Crippen molar-refractivity contribution < 1.29 is 19.4 Å². The third-order valence-corrected chi connectivity index (χ3v) is 2.59. The molecule has 110 valence electrons. The number of rotatable bonds is 8. The van der Waals surface area contributed by atoms with Crippen LogP contribution < -0.4 is 16.4 Å². The van der Waals surface area contributed by atoms with Gasteiger partial charge in [0.2, 0.25) is 5.91 Å². The van der Waals surface area contributed by atoms with Gasteiger partial charge in [0, 0.05) is 38.0 Å². The van der Waals surface area contributed by atoms with Crippen molar-refractivity contribution in [2.75, 3.05) is 37.9 Å². The quantitative estimate of drug-likeness (QED) is 0.408. The molecule has 0 unspecified atom stereocenters. The van der Waals surface area contributed by atoms with Crippen molar-refractivity contribution in [3.05, 3.63) is 23.8 Å². The minimum absolute atomic E-state index is 0.0412. The van der Waals surface area contributed by atoms with Gasteiger partial charge in [-0.05, 0) is 18.2 Å². The number of carboxylic acid groups (broad SMARTS) is 1. The van der Waals surface area contributed by atoms with Crippen LogP contribution in [0.5, 0.6) is 0 Å². The molecule has 20 heavy (non-hydrogen) atoms. The molecule has 0 spiro atoms. The summed E-state index contributed by atoms with van der Waals surface area (Å²) >= 11 is 0. The Bertz CT molecular complexity index is 477. The summed E-state index contributed by atoms with van der Waals surface area (Å²) < 4.78 is 4.82. The topological polar surface area (TPSA) is 114 Å². The van der Waals surface area contributed by atoms with Crippen LogP contribution in [-0.2, 0) is 9.53 Å². The highest BCUT2D eigenvalue weighted by molar-refractivity contribution is 5.94. The zero-order valence-electron chi connectivity index (χ0n) is 11.3. The van der Waals surface area contributed by atoms with E-state index < -0.39 is 5.97 Å². The molecule has 0 saturated heterocycles. The van der Waals surface area contributed by atoms with Gasteiger partial charge in [0.1, 0.15) is 0 Å². The van der Waals surface area contributed by atoms with Crippen molar-refractivity contribution in [1.82, 2.24) is 5.32 Å². The first-order chi connectivity index (χ1) is 9.54. The van der Waals surface area contributed by atoms with E-state index in [1.807, 2.05) is 0 Å². The number of hydrogen-bond acceptors (Lipinski definition) is 5. The first kappa shape index (κ1) is 15.8. The monoisotopic (exact) mass is 281 g/mol. The molecule has 1 amide bonds. The summed E-state index contributed by atoms with van der Waals surface area (Å²) in [6.07, 6.45) is 0.288. The standard InChI is InChI=1S/C13H19N3O4/c1-20-7-6-16-12(17)4-5-15-9-2-3-11(14)10(8-9)13(18)19/h2-3,8,15H,4-7,14H2,1H3,(H,16,17)(H,18,19). The highest BCUT2D eigenvalue weighted by atomic mass is 16.5. The number of benzene rings is 1. The number of aromatic carboxylic acids is 1. The van der Waals surface area contributed by atoms with Crippen molar-refractivity contribution in [3.63, 3.8) is 0 Å². The maximum absolute atomic E-state index is 11.4. The third kappa shape index (κ3) is 5.15. The van der Waals surface area contributed by atoms with Crippen LogP contribution in [0.3, 0.4) is 0 Å². The van der Waals surface area contributed by atoms with Crippen LogP contribution in [0.1, 0.15) is 16.8 Å². The Hall–Kier alpha value is -2.28. The molecular weight excluding hydrogens is 262 g/mol. The number of carbonyl (C=O) groups excluding carboxylic acids is 1. The van der Waals surface area contributed by atoms with Crippen LogP contribution in [-0.4, -0.2) is 43.8 Å². The Morgan fingerprint density at radius 3 is 2.75 bits per heavy atom. The molecule has 1 aromatic carbocycles. The highest BCUT2D eigenvalue weighted by Gasteiger charge is 2.08. The van der Waals surface area contributed by atoms with Crippen LogP contribution in [0.25, 0.3) is 0 Å². The zero-order chi connectivity index (χ0) is 15.0. The van der Waals surface area contributed by atoms with Gasteiger partial charge in [0.25, 0.3) is 0 Å². The summed E-state index contributed by atoms with van der Waals surface area (Å²) in [6, 6.07) is 4.63. The van der Waals surface area contributed by atoms with Crippen molar-refractivity contribution in [2.45, 2.75) is 6.42 Å². The Morgan fingerprint density at radius 1 is 1.35 bits per heavy atom. The molecule has 0 atom stereocenters. The molecule has 0 aromatic heterocycles. The molecule has 0 aliphatic carbocycles. The largest absolute Gasteiger partial charge is 0.478 e. The van der Waals surface area contributed by atoms with Crippen LogP contribution in [0.15, 0.2) is 18.2 Å². The van der Waals surface area contributed by atoms with E-state index in [2.05, 4.69) is 10.6 Å². The van der Waals surface area contributed by atoms with E-state index in [1.54, 1.807) is 13.2 Å². The Morgan fingerprint density at radius 2 is 2.10 bits per heavy atom. The lowest BCUT2D eigenvalue weighted by Gasteiger charge is -2.09. The van der Waals surface area contributed by atoms with Gasteiger partial charge in [-0.3, -0.25) is 4.79 Å². The molecule has 0 radical (unpaired) electrons. The van der Waals surface area contributed by atoms with Crippen LogP contribution in [0.2, 0.25) is 0 Å². The number of carbonyl (C=O) groups is 2. The predicted octanol–water partition coefficient (Wildman–Crippen LogP) is 0.532. The first-order valence-corrected chi connectivity index (χ1v) is 6.17. The van der Waals surface area contributed by atoms with Crippen molar-refractivity contribution in [1.29, 1.82) is 0 Å². The van der Waals surface area contributed by atoms with E-state index in [0.29, 0.717) is 25.4 Å². The van der Waals surface area contributed by atoms with E-state index in [1.165, 1.54) is 12.1 Å². The molecule has 5 N–H and O–H groups in total. The second-order valence-corrected chi connectivity index (χ2v) is 4.13. The predicted molar refractivity (Wildman–Crippen MR) is 75.8 cm³/mol. The first-order valence-electron chi connectivity index (χ1n) is 6.17. The fourth-order valence-corrected chi connectivity index (χ4v) is 1.55. The van der Waals surface area contributed by atoms with E-state index in [9.17, 15) is 9.59 Å². The van der Waals surface area contributed by atoms with Crippen molar-refractivity contribution >= 4 is 23.3 Å². The molecule has 0 fully saturated rings. The number of nitrogens with two attached hydrogens (primary N) is 1.